The first-order valence-electron chi connectivity index (χ1n) is 9.25. The summed E-state index contributed by atoms with van der Waals surface area (Å²) in [6.45, 7) is 2.84. The molecule has 1 aliphatic rings. The summed E-state index contributed by atoms with van der Waals surface area (Å²) < 4.78 is 16.2. The highest BCUT2D eigenvalue weighted by molar-refractivity contribution is 6.39. The maximum atomic E-state index is 14.2. The SMILES string of the molecule is CCCn1cc(C=C2C(=O)NC(=O)N(c3ccccc3F)C2=O)c2ccccc21. The van der Waals surface area contributed by atoms with Crippen molar-refractivity contribution in [2.75, 3.05) is 4.90 Å². The standard InChI is InChI=1S/C22H18FN3O3/c1-2-11-25-13-14(15-7-3-5-9-18(15)25)12-16-20(27)24-22(29)26(21(16)28)19-10-6-4-8-17(19)23/h3-10,12-13H,2,11H2,1H3,(H,24,27,29). The van der Waals surface area contributed by atoms with Crippen molar-refractivity contribution >= 4 is 40.5 Å². The molecule has 6 nitrogen and oxygen atoms in total. The van der Waals surface area contributed by atoms with Gasteiger partial charge < -0.3 is 4.57 Å². The van der Waals surface area contributed by atoms with E-state index in [1.165, 1.54) is 24.3 Å². The minimum absolute atomic E-state index is 0.207. The van der Waals surface area contributed by atoms with Gasteiger partial charge in [-0.25, -0.2) is 14.1 Å². The number of aryl methyl sites for hydroxylation is 1. The Labute approximate surface area is 166 Å². The third kappa shape index (κ3) is 3.20. The van der Waals surface area contributed by atoms with Gasteiger partial charge in [0.15, 0.2) is 0 Å². The number of carbonyl (C=O) groups excluding carboxylic acids is 3. The molecule has 2 heterocycles. The van der Waals surface area contributed by atoms with Crippen LogP contribution in [0.1, 0.15) is 18.9 Å². The fraction of sp³-hybridized carbons (Fsp3) is 0.136. The number of aromatic nitrogens is 1. The van der Waals surface area contributed by atoms with Crippen LogP contribution in [0.5, 0.6) is 0 Å². The number of para-hydroxylation sites is 2. The second-order valence-electron chi connectivity index (χ2n) is 6.70. The predicted octanol–water partition coefficient (Wildman–Crippen LogP) is 3.86. The van der Waals surface area contributed by atoms with Crippen molar-refractivity contribution in [2.45, 2.75) is 19.9 Å². The van der Waals surface area contributed by atoms with Crippen LogP contribution in [0.25, 0.3) is 17.0 Å². The molecular weight excluding hydrogens is 373 g/mol. The molecule has 1 saturated heterocycles. The van der Waals surface area contributed by atoms with Crippen LogP contribution in [0.15, 0.2) is 60.3 Å². The maximum Gasteiger partial charge on any atom is 0.336 e. The van der Waals surface area contributed by atoms with Crippen molar-refractivity contribution in [2.24, 2.45) is 0 Å². The average Bonchev–Trinajstić information content (AvgIpc) is 3.04. The summed E-state index contributed by atoms with van der Waals surface area (Å²) >= 11 is 0. The fourth-order valence-corrected chi connectivity index (χ4v) is 3.48. The van der Waals surface area contributed by atoms with Gasteiger partial charge in [-0.05, 0) is 30.7 Å². The van der Waals surface area contributed by atoms with Gasteiger partial charge in [-0.2, -0.15) is 0 Å². The molecule has 7 heteroatoms. The van der Waals surface area contributed by atoms with E-state index in [1.807, 2.05) is 35.0 Å². The molecule has 3 aromatic rings. The molecule has 146 valence electrons. The highest BCUT2D eigenvalue weighted by Crippen LogP contribution is 2.27. The van der Waals surface area contributed by atoms with E-state index in [1.54, 1.807) is 0 Å². The molecular formula is C22H18FN3O3. The number of amides is 4. The smallest absolute Gasteiger partial charge is 0.336 e. The number of halogens is 1. The number of benzene rings is 2. The molecule has 0 spiro atoms. The van der Waals surface area contributed by atoms with Gasteiger partial charge in [0.25, 0.3) is 11.8 Å². The number of hydrogen-bond donors (Lipinski definition) is 1. The third-order valence-corrected chi connectivity index (χ3v) is 4.78. The Morgan fingerprint density at radius 1 is 1.03 bits per heavy atom. The Balaban J connectivity index is 1.82. The Morgan fingerprint density at radius 2 is 1.76 bits per heavy atom. The summed E-state index contributed by atoms with van der Waals surface area (Å²) in [6.07, 6.45) is 4.24. The van der Waals surface area contributed by atoms with Gasteiger partial charge in [0, 0.05) is 29.2 Å². The molecule has 0 aliphatic carbocycles. The van der Waals surface area contributed by atoms with Crippen molar-refractivity contribution in [3.63, 3.8) is 0 Å². The largest absolute Gasteiger partial charge is 0.347 e. The first-order chi connectivity index (χ1) is 14.0. The van der Waals surface area contributed by atoms with E-state index in [9.17, 15) is 18.8 Å². The van der Waals surface area contributed by atoms with Crippen LogP contribution >= 0.6 is 0 Å². The lowest BCUT2D eigenvalue weighted by Gasteiger charge is -2.26. The molecule has 0 saturated carbocycles. The van der Waals surface area contributed by atoms with Crippen molar-refractivity contribution in [3.8, 4) is 0 Å². The van der Waals surface area contributed by atoms with Gasteiger partial charge in [0.2, 0.25) is 0 Å². The number of imide groups is 2. The quantitative estimate of drug-likeness (QED) is 0.542. The normalized spacial score (nSPS) is 16.0. The van der Waals surface area contributed by atoms with Crippen LogP contribution in [0.3, 0.4) is 0 Å². The Hall–Kier alpha value is -3.74. The average molecular weight is 391 g/mol. The number of rotatable bonds is 4. The topological polar surface area (TPSA) is 71.4 Å². The molecule has 0 unspecified atom stereocenters. The van der Waals surface area contributed by atoms with Crippen molar-refractivity contribution in [1.29, 1.82) is 0 Å². The molecule has 1 fully saturated rings. The summed E-state index contributed by atoms with van der Waals surface area (Å²) in [7, 11) is 0. The number of urea groups is 1. The summed E-state index contributed by atoms with van der Waals surface area (Å²) in [5.41, 5.74) is 1.22. The number of carbonyl (C=O) groups is 3. The number of fused-ring (bicyclic) bond motifs is 1. The molecule has 1 aromatic heterocycles. The van der Waals surface area contributed by atoms with E-state index in [0.717, 1.165) is 29.9 Å². The first kappa shape index (κ1) is 18.6. The minimum atomic E-state index is -0.976. The van der Waals surface area contributed by atoms with Crippen LogP contribution in [-0.4, -0.2) is 22.4 Å². The zero-order valence-electron chi connectivity index (χ0n) is 15.7. The molecule has 0 atom stereocenters. The molecule has 0 radical (unpaired) electrons. The lowest BCUT2D eigenvalue weighted by molar-refractivity contribution is -0.122. The molecule has 1 aliphatic heterocycles. The summed E-state index contributed by atoms with van der Waals surface area (Å²) in [5, 5.41) is 3.00. The molecule has 4 rings (SSSR count). The van der Waals surface area contributed by atoms with Crippen LogP contribution in [-0.2, 0) is 16.1 Å². The second kappa shape index (κ2) is 7.35. The maximum absolute atomic E-state index is 14.2. The number of nitrogens with zero attached hydrogens (tertiary/aromatic N) is 2. The zero-order valence-corrected chi connectivity index (χ0v) is 15.7. The van der Waals surface area contributed by atoms with E-state index >= 15 is 0 Å². The van der Waals surface area contributed by atoms with E-state index in [-0.39, 0.29) is 11.3 Å². The Bertz CT molecular complexity index is 1180. The fourth-order valence-electron chi connectivity index (χ4n) is 3.48. The number of barbiturate groups is 1. The number of anilines is 1. The van der Waals surface area contributed by atoms with Gasteiger partial charge in [-0.15, -0.1) is 0 Å². The highest BCUT2D eigenvalue weighted by atomic mass is 19.1. The third-order valence-electron chi connectivity index (χ3n) is 4.78. The molecule has 29 heavy (non-hydrogen) atoms. The van der Waals surface area contributed by atoms with Gasteiger partial charge in [0.1, 0.15) is 11.4 Å². The second-order valence-corrected chi connectivity index (χ2v) is 6.70. The lowest BCUT2D eigenvalue weighted by atomic mass is 10.1. The molecule has 1 N–H and O–H groups in total. The van der Waals surface area contributed by atoms with E-state index in [4.69, 9.17) is 0 Å². The van der Waals surface area contributed by atoms with Crippen molar-refractivity contribution in [1.82, 2.24) is 9.88 Å². The lowest BCUT2D eigenvalue weighted by Crippen LogP contribution is -2.54. The summed E-state index contributed by atoms with van der Waals surface area (Å²) in [5.74, 6) is -2.40. The van der Waals surface area contributed by atoms with E-state index in [2.05, 4.69) is 12.2 Å². The predicted molar refractivity (Wildman–Crippen MR) is 108 cm³/mol. The van der Waals surface area contributed by atoms with E-state index in [0.29, 0.717) is 10.5 Å². The number of nitrogens with one attached hydrogen (secondary N) is 1. The molecule has 2 aromatic carbocycles. The Morgan fingerprint density at radius 3 is 2.52 bits per heavy atom. The van der Waals surface area contributed by atoms with Crippen molar-refractivity contribution < 1.29 is 18.8 Å². The summed E-state index contributed by atoms with van der Waals surface area (Å²) in [6, 6.07) is 12.1. The van der Waals surface area contributed by atoms with Gasteiger partial charge >= 0.3 is 6.03 Å². The van der Waals surface area contributed by atoms with Crippen LogP contribution < -0.4 is 10.2 Å². The van der Waals surface area contributed by atoms with Crippen molar-refractivity contribution in [3.05, 3.63) is 71.7 Å². The monoisotopic (exact) mass is 391 g/mol. The zero-order chi connectivity index (χ0) is 20.5. The van der Waals surface area contributed by atoms with E-state index < -0.39 is 23.7 Å². The van der Waals surface area contributed by atoms with Gasteiger partial charge in [-0.1, -0.05) is 37.3 Å². The highest BCUT2D eigenvalue weighted by Gasteiger charge is 2.38. The Kier molecular flexibility index (Phi) is 4.72. The number of hydrogen-bond acceptors (Lipinski definition) is 3. The first-order valence-corrected chi connectivity index (χ1v) is 9.25. The molecule has 0 bridgehead atoms. The minimum Gasteiger partial charge on any atom is -0.347 e. The van der Waals surface area contributed by atoms with Crippen LogP contribution in [0.2, 0.25) is 0 Å². The molecule has 4 amide bonds. The van der Waals surface area contributed by atoms with Crippen LogP contribution in [0, 0.1) is 5.82 Å². The van der Waals surface area contributed by atoms with Gasteiger partial charge in [0.05, 0.1) is 5.69 Å². The summed E-state index contributed by atoms with van der Waals surface area (Å²) in [4.78, 5) is 38.3. The van der Waals surface area contributed by atoms with Crippen LogP contribution in [0.4, 0.5) is 14.9 Å². The van der Waals surface area contributed by atoms with Gasteiger partial charge in [-0.3, -0.25) is 14.9 Å².